The number of tetrazole rings is 1. The maximum absolute atomic E-state index is 13.8. The highest BCUT2D eigenvalue weighted by atomic mass is 19.4. The fourth-order valence-electron chi connectivity index (χ4n) is 3.28. The number of nitrogens with zero attached hydrogens (tertiary/aromatic N) is 3. The van der Waals surface area contributed by atoms with E-state index < -0.39 is 11.8 Å². The molecule has 2 aromatic carbocycles. The Labute approximate surface area is 134 Å². The van der Waals surface area contributed by atoms with Gasteiger partial charge in [0.15, 0.2) is 5.21 Å². The second-order valence-corrected chi connectivity index (χ2v) is 5.66. The van der Waals surface area contributed by atoms with E-state index in [9.17, 15) is 18.3 Å². The van der Waals surface area contributed by atoms with Crippen molar-refractivity contribution in [2.75, 3.05) is 0 Å². The molecule has 1 atom stereocenters. The van der Waals surface area contributed by atoms with Gasteiger partial charge in [0.25, 0.3) is 0 Å². The molecular weight excluding hydrogens is 321 g/mol. The van der Waals surface area contributed by atoms with Crippen LogP contribution in [0.15, 0.2) is 42.5 Å². The summed E-state index contributed by atoms with van der Waals surface area (Å²) < 4.78 is 42.8. The number of halogens is 3. The molecule has 0 radical (unpaired) electrons. The molecule has 0 fully saturated rings. The number of hydrogen-bond donors (Lipinski definition) is 2. The van der Waals surface area contributed by atoms with Crippen LogP contribution in [0.4, 0.5) is 13.2 Å². The van der Waals surface area contributed by atoms with E-state index in [0.29, 0.717) is 22.5 Å². The Morgan fingerprint density at radius 3 is 2.38 bits per heavy atom. The van der Waals surface area contributed by atoms with Crippen molar-refractivity contribution >= 4 is 0 Å². The van der Waals surface area contributed by atoms with Gasteiger partial charge in [-0.05, 0) is 11.6 Å². The zero-order valence-electron chi connectivity index (χ0n) is 12.5. The van der Waals surface area contributed by atoms with Crippen LogP contribution in [0.25, 0.3) is 22.5 Å². The summed E-state index contributed by atoms with van der Waals surface area (Å²) in [5.41, 5.74) is -2.29. The van der Waals surface area contributed by atoms with Gasteiger partial charge in [-0.3, -0.25) is 0 Å². The molecule has 1 unspecified atom stereocenters. The van der Waals surface area contributed by atoms with Crippen molar-refractivity contribution in [3.63, 3.8) is 0 Å². The standard InChI is InChI=1S/C16H11F3N4O/c1-23-14(20-21-22-23)10-6-4-8-12-13(10)9-5-2-3-7-11(9)15(12,24)16(17,18)19/h2-8,24H,1H3/p+1. The first kappa shape index (κ1) is 14.8. The van der Waals surface area contributed by atoms with E-state index >= 15 is 0 Å². The van der Waals surface area contributed by atoms with Crippen LogP contribution in [0.1, 0.15) is 11.1 Å². The van der Waals surface area contributed by atoms with Gasteiger partial charge < -0.3 is 5.11 Å². The third-order valence-electron chi connectivity index (χ3n) is 4.35. The third kappa shape index (κ3) is 1.71. The normalized spacial score (nSPS) is 19.2. The predicted octanol–water partition coefficient (Wildman–Crippen LogP) is 2.07. The van der Waals surface area contributed by atoms with Gasteiger partial charge in [-0.15, -0.1) is 0 Å². The number of aliphatic hydroxyl groups is 1. The summed E-state index contributed by atoms with van der Waals surface area (Å²) in [6, 6.07) is 10.4. The van der Waals surface area contributed by atoms with Crippen LogP contribution in [0.3, 0.4) is 0 Å². The smallest absolute Gasteiger partial charge is 0.372 e. The summed E-state index contributed by atoms with van der Waals surface area (Å²) in [6.07, 6.45) is -4.85. The van der Waals surface area contributed by atoms with E-state index in [1.165, 1.54) is 28.9 Å². The molecule has 0 amide bonds. The van der Waals surface area contributed by atoms with Crippen LogP contribution in [0, 0.1) is 0 Å². The van der Waals surface area contributed by atoms with E-state index in [1.807, 2.05) is 0 Å². The first-order valence-corrected chi connectivity index (χ1v) is 7.15. The first-order chi connectivity index (χ1) is 11.4. The summed E-state index contributed by atoms with van der Waals surface area (Å²) in [6.45, 7) is 0. The lowest BCUT2D eigenvalue weighted by Crippen LogP contribution is -2.41. The van der Waals surface area contributed by atoms with Gasteiger partial charge in [0, 0.05) is 16.7 Å². The Bertz CT molecular complexity index is 950. The van der Waals surface area contributed by atoms with Gasteiger partial charge in [-0.1, -0.05) is 41.6 Å². The van der Waals surface area contributed by atoms with Gasteiger partial charge in [-0.25, -0.2) is 0 Å². The van der Waals surface area contributed by atoms with E-state index in [1.54, 1.807) is 25.2 Å². The molecule has 0 spiro atoms. The van der Waals surface area contributed by atoms with Gasteiger partial charge in [0.05, 0.1) is 12.6 Å². The predicted molar refractivity (Wildman–Crippen MR) is 77.5 cm³/mol. The molecule has 0 bridgehead atoms. The zero-order chi connectivity index (χ0) is 17.1. The monoisotopic (exact) mass is 333 g/mol. The second kappa shape index (κ2) is 4.64. The van der Waals surface area contributed by atoms with Gasteiger partial charge in [-0.2, -0.15) is 17.9 Å². The molecule has 1 aliphatic carbocycles. The van der Waals surface area contributed by atoms with Crippen LogP contribution < -0.4 is 4.68 Å². The van der Waals surface area contributed by atoms with Crippen molar-refractivity contribution in [3.8, 4) is 22.5 Å². The molecule has 24 heavy (non-hydrogen) atoms. The SMILES string of the molecule is C[n+]1[nH]nnc1-c1cccc2c1-c1ccccc1C2(O)C(F)(F)F. The Morgan fingerprint density at radius 2 is 1.71 bits per heavy atom. The Morgan fingerprint density at radius 1 is 1.04 bits per heavy atom. The highest BCUT2D eigenvalue weighted by molar-refractivity contribution is 5.90. The Hall–Kier alpha value is -2.74. The minimum absolute atomic E-state index is 0.175. The number of aryl methyl sites for hydroxylation is 1. The largest absolute Gasteiger partial charge is 0.425 e. The number of benzene rings is 2. The van der Waals surface area contributed by atoms with Crippen LogP contribution >= 0.6 is 0 Å². The summed E-state index contributed by atoms with van der Waals surface area (Å²) >= 11 is 0. The van der Waals surface area contributed by atoms with Crippen LogP contribution in [-0.4, -0.2) is 26.8 Å². The third-order valence-corrected chi connectivity index (χ3v) is 4.35. The fraction of sp³-hybridized carbons (Fsp3) is 0.188. The lowest BCUT2D eigenvalue weighted by molar-refractivity contribution is -0.721. The average Bonchev–Trinajstić information content (AvgIpc) is 3.08. The highest BCUT2D eigenvalue weighted by Crippen LogP contribution is 2.56. The van der Waals surface area contributed by atoms with E-state index in [-0.39, 0.29) is 11.1 Å². The average molecular weight is 333 g/mol. The zero-order valence-corrected chi connectivity index (χ0v) is 12.5. The van der Waals surface area contributed by atoms with Crippen molar-refractivity contribution in [3.05, 3.63) is 53.6 Å². The molecule has 1 heterocycles. The molecule has 2 N–H and O–H groups in total. The Kier molecular flexibility index (Phi) is 2.86. The summed E-state index contributed by atoms with van der Waals surface area (Å²) in [5, 5.41) is 20.9. The molecule has 4 rings (SSSR count). The summed E-state index contributed by atoms with van der Waals surface area (Å²) in [4.78, 5) is 0. The van der Waals surface area contributed by atoms with Crippen molar-refractivity contribution in [1.29, 1.82) is 0 Å². The van der Waals surface area contributed by atoms with Gasteiger partial charge >= 0.3 is 12.0 Å². The molecule has 0 aliphatic heterocycles. The number of H-pyrrole nitrogens is 1. The molecular formula is C16H12F3N4O+. The topological polar surface area (TPSA) is 65.7 Å². The molecule has 1 aliphatic rings. The molecule has 0 saturated carbocycles. The quantitative estimate of drug-likeness (QED) is 0.670. The highest BCUT2D eigenvalue weighted by Gasteiger charge is 2.61. The first-order valence-electron chi connectivity index (χ1n) is 7.15. The number of aromatic nitrogens is 4. The lowest BCUT2D eigenvalue weighted by atomic mass is 9.90. The van der Waals surface area contributed by atoms with Gasteiger partial charge in [0.1, 0.15) is 5.10 Å². The van der Waals surface area contributed by atoms with Crippen molar-refractivity contribution in [1.82, 2.24) is 15.5 Å². The van der Waals surface area contributed by atoms with Crippen LogP contribution in [0.2, 0.25) is 0 Å². The second-order valence-electron chi connectivity index (χ2n) is 5.66. The molecule has 3 aromatic rings. The number of nitrogens with one attached hydrogen (secondary N) is 1. The minimum atomic E-state index is -4.85. The number of aromatic amines is 1. The molecule has 8 heteroatoms. The number of hydrogen-bond acceptors (Lipinski definition) is 3. The van der Waals surface area contributed by atoms with Crippen molar-refractivity contribution in [2.24, 2.45) is 7.05 Å². The maximum atomic E-state index is 13.8. The van der Waals surface area contributed by atoms with Crippen LogP contribution in [-0.2, 0) is 12.6 Å². The molecule has 5 nitrogen and oxygen atoms in total. The minimum Gasteiger partial charge on any atom is -0.372 e. The van der Waals surface area contributed by atoms with Crippen LogP contribution in [0.5, 0.6) is 0 Å². The number of fused-ring (bicyclic) bond motifs is 3. The van der Waals surface area contributed by atoms with Crippen molar-refractivity contribution in [2.45, 2.75) is 11.8 Å². The number of rotatable bonds is 1. The molecule has 0 saturated heterocycles. The molecule has 122 valence electrons. The Balaban J connectivity index is 2.12. The summed E-state index contributed by atoms with van der Waals surface area (Å²) in [5.74, 6) is 0.382. The fourth-order valence-corrected chi connectivity index (χ4v) is 3.28. The number of alkyl halides is 3. The van der Waals surface area contributed by atoms with E-state index in [0.717, 1.165) is 0 Å². The van der Waals surface area contributed by atoms with E-state index in [4.69, 9.17) is 0 Å². The van der Waals surface area contributed by atoms with E-state index in [2.05, 4.69) is 15.5 Å². The lowest BCUT2D eigenvalue weighted by Gasteiger charge is -2.28. The van der Waals surface area contributed by atoms with Crippen molar-refractivity contribution < 1.29 is 23.0 Å². The maximum Gasteiger partial charge on any atom is 0.425 e. The summed E-state index contributed by atoms with van der Waals surface area (Å²) in [7, 11) is 1.66. The molecule has 1 aromatic heterocycles. The van der Waals surface area contributed by atoms with Gasteiger partial charge in [0.2, 0.25) is 5.60 Å².